The third-order valence-corrected chi connectivity index (χ3v) is 3.29. The summed E-state index contributed by atoms with van der Waals surface area (Å²) in [6, 6.07) is 3.05. The summed E-state index contributed by atoms with van der Waals surface area (Å²) in [7, 11) is 0. The summed E-state index contributed by atoms with van der Waals surface area (Å²) < 4.78 is 0.808. The number of carbonyl (C=O) groups is 3. The first-order valence-electron chi connectivity index (χ1n) is 5.64. The van der Waals surface area contributed by atoms with Crippen LogP contribution < -0.4 is 16.4 Å². The maximum Gasteiger partial charge on any atom is 0.326 e. The molecule has 7 nitrogen and oxygen atoms in total. The molecule has 0 aliphatic rings. The lowest BCUT2D eigenvalue weighted by molar-refractivity contribution is -0.140. The lowest BCUT2D eigenvalue weighted by atomic mass is 10.2. The summed E-state index contributed by atoms with van der Waals surface area (Å²) in [5.41, 5.74) is 6.40. The number of nitrogens with one attached hydrogen (secondary N) is 2. The van der Waals surface area contributed by atoms with Crippen molar-refractivity contribution in [3.63, 3.8) is 0 Å². The zero-order valence-electron chi connectivity index (χ0n) is 10.6. The van der Waals surface area contributed by atoms with Crippen LogP contribution in [0.3, 0.4) is 0 Å². The summed E-state index contributed by atoms with van der Waals surface area (Å²) in [6.07, 6.45) is -0.472. The van der Waals surface area contributed by atoms with Crippen LogP contribution >= 0.6 is 15.9 Å². The number of nitrogens with two attached hydrogens (primary N) is 1. The van der Waals surface area contributed by atoms with Crippen LogP contribution in [0.15, 0.2) is 22.7 Å². The van der Waals surface area contributed by atoms with Gasteiger partial charge in [-0.15, -0.1) is 0 Å². The number of urea groups is 1. The molecule has 5 N–H and O–H groups in total. The molecule has 1 atom stereocenters. The average molecular weight is 344 g/mol. The van der Waals surface area contributed by atoms with Crippen LogP contribution in [0.25, 0.3) is 0 Å². The summed E-state index contributed by atoms with van der Waals surface area (Å²) in [6.45, 7) is 1.89. The number of aryl methyl sites for hydroxylation is 1. The molecule has 0 fully saturated rings. The monoisotopic (exact) mass is 343 g/mol. The summed E-state index contributed by atoms with van der Waals surface area (Å²) in [4.78, 5) is 33.2. The largest absolute Gasteiger partial charge is 0.480 e. The second kappa shape index (κ2) is 6.90. The number of aliphatic carboxylic acids is 1. The van der Waals surface area contributed by atoms with E-state index < -0.39 is 30.4 Å². The van der Waals surface area contributed by atoms with Crippen LogP contribution in [0, 0.1) is 6.92 Å². The van der Waals surface area contributed by atoms with Gasteiger partial charge in [-0.2, -0.15) is 0 Å². The molecule has 0 heterocycles. The molecule has 108 valence electrons. The van der Waals surface area contributed by atoms with Gasteiger partial charge in [-0.25, -0.2) is 9.59 Å². The van der Waals surface area contributed by atoms with Crippen LogP contribution in [0.1, 0.15) is 12.0 Å². The van der Waals surface area contributed by atoms with E-state index in [1.54, 1.807) is 18.2 Å². The number of hydrogen-bond donors (Lipinski definition) is 4. The Kier molecular flexibility index (Phi) is 5.51. The standard InChI is InChI=1S/C12H14BrN3O4/c1-6-2-3-7(4-8(6)13)15-12(20)16-9(11(18)19)5-10(14)17/h2-4,9H,5H2,1H3,(H2,14,17)(H,18,19)(H2,15,16,20)/t9-/m0/s1. The summed E-state index contributed by atoms with van der Waals surface area (Å²) in [5.74, 6) is -2.14. The van der Waals surface area contributed by atoms with E-state index >= 15 is 0 Å². The van der Waals surface area contributed by atoms with Crippen molar-refractivity contribution in [1.82, 2.24) is 5.32 Å². The van der Waals surface area contributed by atoms with Gasteiger partial charge in [0.05, 0.1) is 6.42 Å². The second-order valence-electron chi connectivity index (χ2n) is 4.12. The lowest BCUT2D eigenvalue weighted by Crippen LogP contribution is -2.45. The van der Waals surface area contributed by atoms with Gasteiger partial charge in [0.25, 0.3) is 0 Å². The fourth-order valence-electron chi connectivity index (χ4n) is 1.40. The lowest BCUT2D eigenvalue weighted by Gasteiger charge is -2.14. The number of benzene rings is 1. The smallest absolute Gasteiger partial charge is 0.326 e. The Morgan fingerprint density at radius 3 is 2.55 bits per heavy atom. The van der Waals surface area contributed by atoms with Crippen molar-refractivity contribution < 1.29 is 19.5 Å². The second-order valence-corrected chi connectivity index (χ2v) is 4.98. The number of anilines is 1. The van der Waals surface area contributed by atoms with E-state index in [0.717, 1.165) is 10.0 Å². The molecular formula is C12H14BrN3O4. The molecule has 0 radical (unpaired) electrons. The third kappa shape index (κ3) is 4.88. The highest BCUT2D eigenvalue weighted by atomic mass is 79.9. The van der Waals surface area contributed by atoms with Crippen molar-refractivity contribution in [3.8, 4) is 0 Å². The van der Waals surface area contributed by atoms with Crippen LogP contribution in [-0.2, 0) is 9.59 Å². The normalized spacial score (nSPS) is 11.5. The van der Waals surface area contributed by atoms with Gasteiger partial charge in [0.15, 0.2) is 0 Å². The van der Waals surface area contributed by atoms with Crippen molar-refractivity contribution in [3.05, 3.63) is 28.2 Å². The number of hydrogen-bond acceptors (Lipinski definition) is 3. The molecule has 3 amide bonds. The number of amides is 3. The number of halogens is 1. The maximum atomic E-state index is 11.7. The Labute approximate surface area is 123 Å². The molecule has 20 heavy (non-hydrogen) atoms. The number of carboxylic acid groups (broad SMARTS) is 1. The highest BCUT2D eigenvalue weighted by molar-refractivity contribution is 9.10. The average Bonchev–Trinajstić information content (AvgIpc) is 2.32. The van der Waals surface area contributed by atoms with Crippen LogP contribution in [0.5, 0.6) is 0 Å². The first kappa shape index (κ1) is 16.0. The van der Waals surface area contributed by atoms with Gasteiger partial charge in [0.2, 0.25) is 5.91 Å². The zero-order chi connectivity index (χ0) is 15.3. The van der Waals surface area contributed by atoms with Crippen molar-refractivity contribution in [1.29, 1.82) is 0 Å². The SMILES string of the molecule is Cc1ccc(NC(=O)N[C@@H](CC(N)=O)C(=O)O)cc1Br. The minimum absolute atomic E-state index is 0.472. The minimum atomic E-state index is -1.36. The molecule has 0 aromatic heterocycles. The fourth-order valence-corrected chi connectivity index (χ4v) is 1.78. The van der Waals surface area contributed by atoms with E-state index in [1.807, 2.05) is 6.92 Å². The fraction of sp³-hybridized carbons (Fsp3) is 0.250. The molecule has 1 aromatic carbocycles. The molecule has 1 aromatic rings. The van der Waals surface area contributed by atoms with Gasteiger partial charge in [0, 0.05) is 10.2 Å². The van der Waals surface area contributed by atoms with E-state index in [9.17, 15) is 14.4 Å². The van der Waals surface area contributed by atoms with Gasteiger partial charge >= 0.3 is 12.0 Å². The van der Waals surface area contributed by atoms with Crippen molar-refractivity contribution in [2.75, 3.05) is 5.32 Å². The molecule has 0 saturated heterocycles. The van der Waals surface area contributed by atoms with Gasteiger partial charge in [0.1, 0.15) is 6.04 Å². The van der Waals surface area contributed by atoms with Crippen LogP contribution in [0.2, 0.25) is 0 Å². The Hall–Kier alpha value is -2.09. The third-order valence-electron chi connectivity index (χ3n) is 2.44. The Balaban J connectivity index is 2.67. The van der Waals surface area contributed by atoms with E-state index in [2.05, 4.69) is 26.6 Å². The molecule has 0 saturated carbocycles. The molecule has 0 unspecified atom stereocenters. The Morgan fingerprint density at radius 1 is 1.40 bits per heavy atom. The molecule has 1 rings (SSSR count). The molecule has 0 aliphatic heterocycles. The Bertz CT molecular complexity index is 548. The van der Waals surface area contributed by atoms with E-state index in [4.69, 9.17) is 10.8 Å². The topological polar surface area (TPSA) is 122 Å². The van der Waals surface area contributed by atoms with E-state index in [0.29, 0.717) is 5.69 Å². The van der Waals surface area contributed by atoms with E-state index in [1.165, 1.54) is 0 Å². The van der Waals surface area contributed by atoms with Crippen LogP contribution in [0.4, 0.5) is 10.5 Å². The zero-order valence-corrected chi connectivity index (χ0v) is 12.2. The van der Waals surface area contributed by atoms with Gasteiger partial charge < -0.3 is 21.5 Å². The highest BCUT2D eigenvalue weighted by Gasteiger charge is 2.22. The van der Waals surface area contributed by atoms with Gasteiger partial charge in [-0.3, -0.25) is 4.79 Å². The number of rotatable bonds is 5. The predicted octanol–water partition coefficient (Wildman–Crippen LogP) is 1.21. The van der Waals surface area contributed by atoms with Gasteiger partial charge in [-0.1, -0.05) is 22.0 Å². The molecular weight excluding hydrogens is 330 g/mol. The molecule has 0 bridgehead atoms. The van der Waals surface area contributed by atoms with Gasteiger partial charge in [-0.05, 0) is 24.6 Å². The number of carbonyl (C=O) groups excluding carboxylic acids is 2. The molecule has 8 heteroatoms. The van der Waals surface area contributed by atoms with Crippen molar-refractivity contribution >= 4 is 39.5 Å². The number of primary amides is 1. The van der Waals surface area contributed by atoms with Crippen LogP contribution in [-0.4, -0.2) is 29.1 Å². The molecule has 0 aliphatic carbocycles. The summed E-state index contributed by atoms with van der Waals surface area (Å²) >= 11 is 3.32. The highest BCUT2D eigenvalue weighted by Crippen LogP contribution is 2.20. The first-order valence-corrected chi connectivity index (χ1v) is 6.43. The van der Waals surface area contributed by atoms with Crippen molar-refractivity contribution in [2.24, 2.45) is 5.73 Å². The molecule has 0 spiro atoms. The maximum absolute atomic E-state index is 11.7. The Morgan fingerprint density at radius 2 is 2.05 bits per heavy atom. The first-order chi connectivity index (χ1) is 9.29. The van der Waals surface area contributed by atoms with E-state index in [-0.39, 0.29) is 0 Å². The quantitative estimate of drug-likeness (QED) is 0.641. The van der Waals surface area contributed by atoms with Crippen molar-refractivity contribution in [2.45, 2.75) is 19.4 Å². The number of carboxylic acids is 1. The summed E-state index contributed by atoms with van der Waals surface area (Å²) in [5, 5.41) is 13.5. The predicted molar refractivity (Wildman–Crippen MR) is 76.3 cm³/mol. The minimum Gasteiger partial charge on any atom is -0.480 e.